The normalized spacial score (nSPS) is 21.9. The summed E-state index contributed by atoms with van der Waals surface area (Å²) in [6.45, 7) is 29.2. The molecule has 1 atom stereocenters. The molecule has 37 heavy (non-hydrogen) atoms. The first-order valence-corrected chi connectivity index (χ1v) is 14.4. The fourth-order valence-electron chi connectivity index (χ4n) is 7.29. The van der Waals surface area contributed by atoms with E-state index in [1.807, 2.05) is 0 Å². The fraction of sp³-hybridized carbons (Fsp3) is 0.500. The van der Waals surface area contributed by atoms with Crippen LogP contribution in [0.25, 0.3) is 11.1 Å². The lowest BCUT2D eigenvalue weighted by Crippen LogP contribution is -2.48. The van der Waals surface area contributed by atoms with E-state index in [4.69, 9.17) is 6.58 Å². The molecule has 1 aliphatic heterocycles. The first kappa shape index (κ1) is 29.0. The highest BCUT2D eigenvalue weighted by Gasteiger charge is 2.47. The van der Waals surface area contributed by atoms with Gasteiger partial charge in [-0.3, -0.25) is 0 Å². The molecule has 0 fully saturated rings. The van der Waals surface area contributed by atoms with Crippen LogP contribution in [0.5, 0.6) is 0 Å². The van der Waals surface area contributed by atoms with E-state index in [0.717, 1.165) is 50.8 Å². The molecule has 1 nitrogen and oxygen atoms in total. The minimum absolute atomic E-state index is 0.00266. The van der Waals surface area contributed by atoms with Gasteiger partial charge < -0.3 is 4.90 Å². The summed E-state index contributed by atoms with van der Waals surface area (Å²) in [6.07, 6.45) is 17.5. The van der Waals surface area contributed by atoms with Crippen LogP contribution in [0.4, 0.5) is 0 Å². The Morgan fingerprint density at radius 1 is 1.00 bits per heavy atom. The Hall–Kier alpha value is -2.54. The second-order valence-corrected chi connectivity index (χ2v) is 12.1. The lowest BCUT2D eigenvalue weighted by molar-refractivity contribution is 0.161. The molecule has 0 amide bonds. The second kappa shape index (κ2) is 11.5. The van der Waals surface area contributed by atoms with Crippen LogP contribution in [0.3, 0.4) is 0 Å². The van der Waals surface area contributed by atoms with Crippen molar-refractivity contribution in [3.63, 3.8) is 0 Å². The molecule has 0 spiro atoms. The van der Waals surface area contributed by atoms with Crippen LogP contribution in [-0.4, -0.2) is 18.0 Å². The summed E-state index contributed by atoms with van der Waals surface area (Å²) >= 11 is 0. The Kier molecular flexibility index (Phi) is 8.99. The molecule has 1 unspecified atom stereocenters. The summed E-state index contributed by atoms with van der Waals surface area (Å²) in [5, 5.41) is 0. The van der Waals surface area contributed by atoms with Gasteiger partial charge in [-0.15, -0.1) is 0 Å². The van der Waals surface area contributed by atoms with Crippen LogP contribution in [0.2, 0.25) is 0 Å². The topological polar surface area (TPSA) is 3.24 Å². The number of hydrogen-bond acceptors (Lipinski definition) is 1. The van der Waals surface area contributed by atoms with Crippen molar-refractivity contribution in [1.29, 1.82) is 0 Å². The maximum absolute atomic E-state index is 4.83. The Bertz CT molecular complexity index is 1110. The van der Waals surface area contributed by atoms with Gasteiger partial charge in [0, 0.05) is 35.0 Å². The predicted octanol–water partition coefficient (Wildman–Crippen LogP) is 10.4. The van der Waals surface area contributed by atoms with E-state index in [1.54, 1.807) is 5.57 Å². The highest BCUT2D eigenvalue weighted by molar-refractivity contribution is 5.76. The molecule has 1 aliphatic carbocycles. The predicted molar refractivity (Wildman–Crippen MR) is 165 cm³/mol. The summed E-state index contributed by atoms with van der Waals surface area (Å²) in [4.78, 5) is 2.61. The van der Waals surface area contributed by atoms with E-state index in [0.29, 0.717) is 0 Å². The van der Waals surface area contributed by atoms with Gasteiger partial charge in [-0.2, -0.15) is 0 Å². The van der Waals surface area contributed by atoms with Crippen LogP contribution in [0.15, 0.2) is 84.6 Å². The minimum atomic E-state index is -0.00544. The minimum Gasteiger partial charge on any atom is -0.370 e. The van der Waals surface area contributed by atoms with Crippen molar-refractivity contribution < 1.29 is 0 Å². The molecule has 0 saturated heterocycles. The van der Waals surface area contributed by atoms with Crippen molar-refractivity contribution in [2.24, 2.45) is 16.2 Å². The van der Waals surface area contributed by atoms with E-state index < -0.39 is 0 Å². The molecule has 1 heterocycles. The van der Waals surface area contributed by atoms with Crippen LogP contribution < -0.4 is 0 Å². The average molecular weight is 498 g/mol. The molecule has 3 rings (SSSR count). The monoisotopic (exact) mass is 497 g/mol. The maximum Gasteiger partial charge on any atom is 0.0360 e. The van der Waals surface area contributed by atoms with Crippen LogP contribution in [0, 0.1) is 16.2 Å². The lowest BCUT2D eigenvalue weighted by Gasteiger charge is -2.53. The van der Waals surface area contributed by atoms with E-state index in [2.05, 4.69) is 122 Å². The van der Waals surface area contributed by atoms with Crippen molar-refractivity contribution in [3.8, 4) is 0 Å². The molecule has 1 aromatic carbocycles. The Labute approximate surface area is 228 Å². The SMILES string of the molecule is C=C(C)c1ccc(C2=CCC3(C)CN(C(=C)C(CCC)(CCC)C(/C=C\C)=C/C)CC=C3C2(C)C)cc1. The van der Waals surface area contributed by atoms with E-state index in [9.17, 15) is 0 Å². The highest BCUT2D eigenvalue weighted by Crippen LogP contribution is 2.56. The number of allylic oxidation sites excluding steroid dienone is 7. The van der Waals surface area contributed by atoms with Crippen molar-refractivity contribution in [2.45, 2.75) is 87.5 Å². The molecule has 2 aliphatic rings. The Morgan fingerprint density at radius 2 is 1.62 bits per heavy atom. The van der Waals surface area contributed by atoms with E-state index in [-0.39, 0.29) is 16.2 Å². The number of benzene rings is 1. The standard InChI is InChI=1S/C36H51N/c1-11-15-31(14-4)36(22-12-2,23-13-3)28(7)37-25-21-33-34(8,9)32(20-24-35(33,10)26-37)30-18-16-29(17-19-30)27(5)6/h11,14-21H,5,7,12-13,22-26H2,1-4,6,8-10H3/b15-11-,31-14+. The van der Waals surface area contributed by atoms with Crippen LogP contribution in [-0.2, 0) is 0 Å². The second-order valence-electron chi connectivity index (χ2n) is 12.1. The number of nitrogens with zero attached hydrogens (tertiary/aromatic N) is 1. The third-order valence-electron chi connectivity index (χ3n) is 9.00. The summed E-state index contributed by atoms with van der Waals surface area (Å²) in [5.74, 6) is 0. The molecule has 0 saturated carbocycles. The van der Waals surface area contributed by atoms with Gasteiger partial charge in [0.1, 0.15) is 0 Å². The summed E-state index contributed by atoms with van der Waals surface area (Å²) in [6, 6.07) is 8.99. The van der Waals surface area contributed by atoms with Gasteiger partial charge in [0.15, 0.2) is 0 Å². The van der Waals surface area contributed by atoms with Crippen molar-refractivity contribution in [2.75, 3.05) is 13.1 Å². The van der Waals surface area contributed by atoms with Gasteiger partial charge in [0.2, 0.25) is 0 Å². The molecule has 0 aromatic heterocycles. The van der Waals surface area contributed by atoms with Crippen molar-refractivity contribution >= 4 is 11.1 Å². The number of rotatable bonds is 10. The van der Waals surface area contributed by atoms with Gasteiger partial charge in [0.05, 0.1) is 0 Å². The highest BCUT2D eigenvalue weighted by atomic mass is 15.2. The lowest BCUT2D eigenvalue weighted by atomic mass is 9.58. The first-order chi connectivity index (χ1) is 17.5. The van der Waals surface area contributed by atoms with Crippen molar-refractivity contribution in [3.05, 3.63) is 95.8 Å². The van der Waals surface area contributed by atoms with Crippen molar-refractivity contribution in [1.82, 2.24) is 4.90 Å². The number of hydrogen-bond donors (Lipinski definition) is 0. The molecular formula is C36H51N. The van der Waals surface area contributed by atoms with Crippen LogP contribution in [0.1, 0.15) is 98.6 Å². The Morgan fingerprint density at radius 3 is 2.14 bits per heavy atom. The summed E-state index contributed by atoms with van der Waals surface area (Å²) < 4.78 is 0. The smallest absolute Gasteiger partial charge is 0.0360 e. The summed E-state index contributed by atoms with van der Waals surface area (Å²) in [7, 11) is 0. The molecular weight excluding hydrogens is 446 g/mol. The molecule has 200 valence electrons. The third-order valence-corrected chi connectivity index (χ3v) is 9.00. The first-order valence-electron chi connectivity index (χ1n) is 14.4. The van der Waals surface area contributed by atoms with E-state index in [1.165, 1.54) is 28.0 Å². The maximum atomic E-state index is 4.83. The third kappa shape index (κ3) is 5.38. The van der Waals surface area contributed by atoms with Gasteiger partial charge in [0.25, 0.3) is 0 Å². The summed E-state index contributed by atoms with van der Waals surface area (Å²) in [5.41, 5.74) is 9.53. The largest absolute Gasteiger partial charge is 0.370 e. The van der Waals surface area contributed by atoms with Gasteiger partial charge in [-0.05, 0) is 62.3 Å². The zero-order valence-corrected chi connectivity index (χ0v) is 25.0. The molecule has 1 heteroatoms. The number of fused-ring (bicyclic) bond motifs is 1. The molecule has 0 radical (unpaired) electrons. The zero-order valence-electron chi connectivity index (χ0n) is 25.0. The van der Waals surface area contributed by atoms with Gasteiger partial charge in [-0.1, -0.05) is 126 Å². The zero-order chi connectivity index (χ0) is 27.4. The Balaban J connectivity index is 1.97. The fourth-order valence-corrected chi connectivity index (χ4v) is 7.29. The molecule has 1 aromatic rings. The van der Waals surface area contributed by atoms with E-state index >= 15 is 0 Å². The average Bonchev–Trinajstić information content (AvgIpc) is 2.86. The van der Waals surface area contributed by atoms with Gasteiger partial charge >= 0.3 is 0 Å². The van der Waals surface area contributed by atoms with Gasteiger partial charge in [-0.25, -0.2) is 0 Å². The van der Waals surface area contributed by atoms with Crippen LogP contribution >= 0.6 is 0 Å². The molecule has 0 bridgehead atoms. The quantitative estimate of drug-likeness (QED) is 0.229. The molecule has 0 N–H and O–H groups in total.